The van der Waals surface area contributed by atoms with Gasteiger partial charge in [0.15, 0.2) is 12.4 Å². The maximum atomic E-state index is 12.4. The van der Waals surface area contributed by atoms with Gasteiger partial charge in [-0.1, -0.05) is 25.7 Å². The third-order valence-electron chi connectivity index (χ3n) is 4.49. The Kier molecular flexibility index (Phi) is 8.41. The summed E-state index contributed by atoms with van der Waals surface area (Å²) >= 11 is 0. The maximum absolute atomic E-state index is 12.4. The van der Waals surface area contributed by atoms with Crippen LogP contribution in [0.25, 0.3) is 5.57 Å². The lowest BCUT2D eigenvalue weighted by molar-refractivity contribution is 0.0270. The van der Waals surface area contributed by atoms with E-state index in [0.29, 0.717) is 31.8 Å². The number of carbonyl (C=O) groups is 2. The second kappa shape index (κ2) is 10.4. The summed E-state index contributed by atoms with van der Waals surface area (Å²) in [6, 6.07) is 1.04. The predicted octanol–water partition coefficient (Wildman–Crippen LogP) is 3.79. The summed E-state index contributed by atoms with van der Waals surface area (Å²) in [7, 11) is -1.19. The van der Waals surface area contributed by atoms with E-state index in [-0.39, 0.29) is 25.1 Å². The van der Waals surface area contributed by atoms with Gasteiger partial charge < -0.3 is 19.1 Å². The van der Waals surface area contributed by atoms with Crippen molar-refractivity contribution >= 4 is 25.7 Å². The van der Waals surface area contributed by atoms with Crippen LogP contribution in [0.2, 0.25) is 25.7 Å². The molecule has 0 atom stereocenters. The van der Waals surface area contributed by atoms with Crippen molar-refractivity contribution in [2.24, 2.45) is 0 Å². The zero-order valence-electron chi connectivity index (χ0n) is 19.9. The highest BCUT2D eigenvalue weighted by Crippen LogP contribution is 2.25. The van der Waals surface area contributed by atoms with Gasteiger partial charge in [0, 0.05) is 27.8 Å². The van der Waals surface area contributed by atoms with Crippen molar-refractivity contribution in [3.05, 3.63) is 17.5 Å². The number of ether oxygens (including phenoxy) is 3. The SMILES string of the molecule is CCOC(=O)c1nn(COCC[Si](C)(C)C)nc1C1=CCN(C(=O)OC(C)(C)C)CC1. The molecule has 0 N–H and O–H groups in total. The van der Waals surface area contributed by atoms with Crippen molar-refractivity contribution in [3.8, 4) is 0 Å². The van der Waals surface area contributed by atoms with E-state index in [1.807, 2.05) is 26.8 Å². The summed E-state index contributed by atoms with van der Waals surface area (Å²) in [5.74, 6) is -0.513. The molecule has 0 fully saturated rings. The van der Waals surface area contributed by atoms with Gasteiger partial charge in [0.25, 0.3) is 0 Å². The second-order valence-corrected chi connectivity index (χ2v) is 15.4. The van der Waals surface area contributed by atoms with Crippen LogP contribution < -0.4 is 0 Å². The normalized spacial score (nSPS) is 14.9. The van der Waals surface area contributed by atoms with Gasteiger partial charge >= 0.3 is 12.1 Å². The molecule has 0 saturated carbocycles. The highest BCUT2D eigenvalue weighted by atomic mass is 28.3. The molecule has 31 heavy (non-hydrogen) atoms. The average Bonchev–Trinajstić information content (AvgIpc) is 3.08. The van der Waals surface area contributed by atoms with Crippen molar-refractivity contribution in [2.75, 3.05) is 26.3 Å². The standard InChI is InChI=1S/C21H36N4O5Si/c1-8-29-19(26)18-17(22-25(23-18)15-28-13-14-31(5,6)7)16-9-11-24(12-10-16)20(27)30-21(2,3)4/h9H,8,10-15H2,1-7H3. The van der Waals surface area contributed by atoms with Gasteiger partial charge in [-0.25, -0.2) is 9.59 Å². The summed E-state index contributed by atoms with van der Waals surface area (Å²) in [6.45, 7) is 16.0. The first-order valence-electron chi connectivity index (χ1n) is 10.8. The van der Waals surface area contributed by atoms with Crippen LogP contribution in [-0.4, -0.2) is 71.9 Å². The Bertz CT molecular complexity index is 808. The number of amides is 1. The molecule has 1 aromatic rings. The Balaban J connectivity index is 2.12. The van der Waals surface area contributed by atoms with E-state index in [9.17, 15) is 9.59 Å². The fourth-order valence-electron chi connectivity index (χ4n) is 2.86. The molecule has 0 aliphatic carbocycles. The molecule has 1 aliphatic heterocycles. The van der Waals surface area contributed by atoms with Crippen molar-refractivity contribution < 1.29 is 23.8 Å². The molecule has 1 aromatic heterocycles. The maximum Gasteiger partial charge on any atom is 0.410 e. The molecule has 174 valence electrons. The minimum Gasteiger partial charge on any atom is -0.461 e. The molecule has 1 amide bonds. The van der Waals surface area contributed by atoms with Crippen LogP contribution in [0.1, 0.15) is 50.3 Å². The van der Waals surface area contributed by atoms with Crippen molar-refractivity contribution in [3.63, 3.8) is 0 Å². The largest absolute Gasteiger partial charge is 0.461 e. The lowest BCUT2D eigenvalue weighted by Gasteiger charge is -2.29. The van der Waals surface area contributed by atoms with Crippen LogP contribution in [0.4, 0.5) is 4.79 Å². The van der Waals surface area contributed by atoms with E-state index < -0.39 is 19.6 Å². The average molecular weight is 453 g/mol. The fourth-order valence-corrected chi connectivity index (χ4v) is 3.62. The number of nitrogens with zero attached hydrogens (tertiary/aromatic N) is 4. The number of carbonyl (C=O) groups excluding carboxylic acids is 2. The van der Waals surface area contributed by atoms with E-state index >= 15 is 0 Å². The van der Waals surface area contributed by atoms with Gasteiger partial charge in [0.2, 0.25) is 0 Å². The molecule has 0 radical (unpaired) electrons. The van der Waals surface area contributed by atoms with Gasteiger partial charge in [-0.05, 0) is 45.7 Å². The van der Waals surface area contributed by atoms with Gasteiger partial charge in [-0.3, -0.25) is 0 Å². The van der Waals surface area contributed by atoms with Crippen LogP contribution in [0.5, 0.6) is 0 Å². The lowest BCUT2D eigenvalue weighted by atomic mass is 10.0. The third-order valence-corrected chi connectivity index (χ3v) is 6.20. The highest BCUT2D eigenvalue weighted by Gasteiger charge is 2.28. The molecule has 9 nitrogen and oxygen atoms in total. The van der Waals surface area contributed by atoms with Crippen LogP contribution in [0.3, 0.4) is 0 Å². The van der Waals surface area contributed by atoms with Crippen LogP contribution in [-0.2, 0) is 20.9 Å². The summed E-state index contributed by atoms with van der Waals surface area (Å²) < 4.78 is 16.3. The smallest absolute Gasteiger partial charge is 0.410 e. The molecule has 2 rings (SSSR count). The summed E-state index contributed by atoms with van der Waals surface area (Å²) in [4.78, 5) is 27.7. The van der Waals surface area contributed by atoms with Crippen LogP contribution in [0, 0.1) is 0 Å². The molecule has 0 unspecified atom stereocenters. The van der Waals surface area contributed by atoms with E-state index in [1.165, 1.54) is 4.80 Å². The number of rotatable bonds is 8. The molecular formula is C21H36N4O5Si. The monoisotopic (exact) mass is 452 g/mol. The lowest BCUT2D eigenvalue weighted by Crippen LogP contribution is -2.39. The first-order valence-corrected chi connectivity index (χ1v) is 14.5. The molecule has 0 aromatic carbocycles. The highest BCUT2D eigenvalue weighted by molar-refractivity contribution is 6.76. The molecule has 1 aliphatic rings. The van der Waals surface area contributed by atoms with Crippen LogP contribution in [0.15, 0.2) is 6.08 Å². The fraction of sp³-hybridized carbons (Fsp3) is 0.714. The molecule has 2 heterocycles. The van der Waals surface area contributed by atoms with Gasteiger partial charge in [0.1, 0.15) is 11.3 Å². The van der Waals surface area contributed by atoms with Gasteiger partial charge in [-0.2, -0.15) is 9.90 Å². The van der Waals surface area contributed by atoms with E-state index in [2.05, 4.69) is 29.8 Å². The minimum atomic E-state index is -1.19. The number of hydrogen-bond donors (Lipinski definition) is 0. The Morgan fingerprint density at radius 2 is 1.90 bits per heavy atom. The van der Waals surface area contributed by atoms with Crippen molar-refractivity contribution in [1.29, 1.82) is 0 Å². The molecule has 10 heteroatoms. The van der Waals surface area contributed by atoms with Gasteiger partial charge in [-0.15, -0.1) is 5.10 Å². The first kappa shape index (κ1) is 25.1. The predicted molar refractivity (Wildman–Crippen MR) is 120 cm³/mol. The summed E-state index contributed by atoms with van der Waals surface area (Å²) in [5.41, 5.74) is 0.968. The summed E-state index contributed by atoms with van der Waals surface area (Å²) in [6.07, 6.45) is 2.07. The van der Waals surface area contributed by atoms with Crippen molar-refractivity contribution in [1.82, 2.24) is 19.9 Å². The third kappa shape index (κ3) is 8.10. The van der Waals surface area contributed by atoms with E-state index in [1.54, 1.807) is 11.8 Å². The Morgan fingerprint density at radius 3 is 2.45 bits per heavy atom. The Morgan fingerprint density at radius 1 is 1.19 bits per heavy atom. The van der Waals surface area contributed by atoms with Gasteiger partial charge in [0.05, 0.1) is 6.61 Å². The quantitative estimate of drug-likeness (QED) is 0.336. The number of hydrogen-bond acceptors (Lipinski definition) is 7. The second-order valence-electron chi connectivity index (χ2n) is 9.74. The van der Waals surface area contributed by atoms with Crippen LogP contribution >= 0.6 is 0 Å². The molecular weight excluding hydrogens is 416 g/mol. The molecule has 0 spiro atoms. The first-order chi connectivity index (χ1) is 14.4. The zero-order chi connectivity index (χ0) is 23.2. The zero-order valence-corrected chi connectivity index (χ0v) is 20.9. The Hall–Kier alpha value is -2.20. The molecule has 0 bridgehead atoms. The molecule has 0 saturated heterocycles. The topological polar surface area (TPSA) is 95.8 Å². The number of esters is 1. The minimum absolute atomic E-state index is 0.174. The van der Waals surface area contributed by atoms with E-state index in [0.717, 1.165) is 11.6 Å². The number of aromatic nitrogens is 3. The van der Waals surface area contributed by atoms with E-state index in [4.69, 9.17) is 14.2 Å². The Labute approximate surface area is 185 Å². The summed E-state index contributed by atoms with van der Waals surface area (Å²) in [5, 5.41) is 8.80. The van der Waals surface area contributed by atoms with Crippen molar-refractivity contribution in [2.45, 2.75) is 72.1 Å².